The summed E-state index contributed by atoms with van der Waals surface area (Å²) in [6, 6.07) is -0.748. The zero-order valence-corrected chi connectivity index (χ0v) is 11.3. The standard InChI is InChI=1S/C12H18N2O6/c1-2-20-11(18)7-14(8-3-4-8)12(19)13-9(15)5-6-10(16)17/h8H,2-7H2,1H3,(H,16,17)(H,13,15,19). The molecule has 0 unspecified atom stereocenters. The predicted molar refractivity (Wildman–Crippen MR) is 66.8 cm³/mol. The Labute approximate surface area is 116 Å². The highest BCUT2D eigenvalue weighted by Crippen LogP contribution is 2.26. The van der Waals surface area contributed by atoms with E-state index in [9.17, 15) is 19.2 Å². The van der Waals surface area contributed by atoms with Crippen LogP contribution in [0.3, 0.4) is 0 Å². The highest BCUT2D eigenvalue weighted by atomic mass is 16.5. The van der Waals surface area contributed by atoms with Crippen molar-refractivity contribution in [1.82, 2.24) is 10.2 Å². The number of carboxylic acid groups (broad SMARTS) is 1. The fourth-order valence-electron chi connectivity index (χ4n) is 1.57. The van der Waals surface area contributed by atoms with Crippen LogP contribution in [0.1, 0.15) is 32.6 Å². The van der Waals surface area contributed by atoms with Gasteiger partial charge >= 0.3 is 18.0 Å². The molecule has 1 saturated carbocycles. The lowest BCUT2D eigenvalue weighted by Gasteiger charge is -2.21. The lowest BCUT2D eigenvalue weighted by atomic mass is 10.3. The lowest BCUT2D eigenvalue weighted by molar-refractivity contribution is -0.144. The Bertz CT molecular complexity index is 405. The van der Waals surface area contributed by atoms with E-state index in [-0.39, 0.29) is 32.0 Å². The van der Waals surface area contributed by atoms with Crippen LogP contribution in [0.4, 0.5) is 4.79 Å². The summed E-state index contributed by atoms with van der Waals surface area (Å²) in [6.45, 7) is 1.67. The molecule has 8 heteroatoms. The van der Waals surface area contributed by atoms with Crippen molar-refractivity contribution in [3.63, 3.8) is 0 Å². The predicted octanol–water partition coefficient (Wildman–Crippen LogP) is 0.115. The van der Waals surface area contributed by atoms with Crippen LogP contribution in [0, 0.1) is 0 Å². The van der Waals surface area contributed by atoms with Crippen molar-refractivity contribution < 1.29 is 29.0 Å². The van der Waals surface area contributed by atoms with Gasteiger partial charge < -0.3 is 14.7 Å². The van der Waals surface area contributed by atoms with E-state index in [1.165, 1.54) is 4.90 Å². The van der Waals surface area contributed by atoms with Crippen molar-refractivity contribution in [3.8, 4) is 0 Å². The number of hydrogen-bond acceptors (Lipinski definition) is 5. The Balaban J connectivity index is 2.46. The number of amides is 3. The van der Waals surface area contributed by atoms with Gasteiger partial charge in [-0.05, 0) is 19.8 Å². The van der Waals surface area contributed by atoms with Gasteiger partial charge in [-0.3, -0.25) is 19.7 Å². The molecule has 112 valence electrons. The highest BCUT2D eigenvalue weighted by molar-refractivity contribution is 5.96. The molecule has 0 atom stereocenters. The number of carboxylic acids is 1. The van der Waals surface area contributed by atoms with Crippen LogP contribution in [-0.2, 0) is 19.1 Å². The van der Waals surface area contributed by atoms with Gasteiger partial charge in [0.25, 0.3) is 0 Å². The highest BCUT2D eigenvalue weighted by Gasteiger charge is 2.34. The fourth-order valence-corrected chi connectivity index (χ4v) is 1.57. The van der Waals surface area contributed by atoms with Crippen LogP contribution in [-0.4, -0.2) is 53.1 Å². The minimum absolute atomic E-state index is 0.0633. The maximum absolute atomic E-state index is 11.9. The number of hydrogen-bond donors (Lipinski definition) is 2. The molecule has 2 N–H and O–H groups in total. The van der Waals surface area contributed by atoms with Crippen molar-refractivity contribution in [1.29, 1.82) is 0 Å². The molecule has 8 nitrogen and oxygen atoms in total. The zero-order chi connectivity index (χ0) is 15.1. The van der Waals surface area contributed by atoms with Crippen LogP contribution in [0.2, 0.25) is 0 Å². The molecular formula is C12H18N2O6. The molecule has 1 aliphatic rings. The molecule has 0 radical (unpaired) electrons. The number of esters is 1. The number of urea groups is 1. The van der Waals surface area contributed by atoms with Crippen molar-refractivity contribution in [2.45, 2.75) is 38.6 Å². The maximum Gasteiger partial charge on any atom is 0.325 e. The van der Waals surface area contributed by atoms with E-state index in [2.05, 4.69) is 5.32 Å². The molecule has 1 rings (SSSR count). The third kappa shape index (κ3) is 5.68. The number of nitrogens with zero attached hydrogens (tertiary/aromatic N) is 1. The van der Waals surface area contributed by atoms with Gasteiger partial charge in [-0.2, -0.15) is 0 Å². The average Bonchev–Trinajstić information content (AvgIpc) is 3.18. The SMILES string of the molecule is CCOC(=O)CN(C(=O)NC(=O)CCC(=O)O)C1CC1. The van der Waals surface area contributed by atoms with Gasteiger partial charge in [0.1, 0.15) is 6.54 Å². The van der Waals surface area contributed by atoms with Crippen molar-refractivity contribution in [2.75, 3.05) is 13.2 Å². The lowest BCUT2D eigenvalue weighted by Crippen LogP contribution is -2.46. The summed E-state index contributed by atoms with van der Waals surface area (Å²) in [5.74, 6) is -2.32. The fraction of sp³-hybridized carbons (Fsp3) is 0.667. The van der Waals surface area contributed by atoms with Gasteiger partial charge in [0, 0.05) is 12.5 Å². The molecule has 1 aliphatic carbocycles. The molecule has 0 bridgehead atoms. The van der Waals surface area contributed by atoms with E-state index in [4.69, 9.17) is 9.84 Å². The number of nitrogens with one attached hydrogen (secondary N) is 1. The normalized spacial score (nSPS) is 13.4. The second-order valence-corrected chi connectivity index (χ2v) is 4.41. The summed E-state index contributed by atoms with van der Waals surface area (Å²) in [7, 11) is 0. The summed E-state index contributed by atoms with van der Waals surface area (Å²) in [4.78, 5) is 46.2. The number of carbonyl (C=O) groups is 4. The Morgan fingerprint density at radius 2 is 1.90 bits per heavy atom. The summed E-state index contributed by atoms with van der Waals surface area (Å²) in [5.41, 5.74) is 0. The van der Waals surface area contributed by atoms with Crippen molar-refractivity contribution >= 4 is 23.9 Å². The number of ether oxygens (including phenoxy) is 1. The third-order valence-electron chi connectivity index (χ3n) is 2.67. The number of rotatable bonds is 7. The molecule has 0 aromatic heterocycles. The number of aliphatic carboxylic acids is 1. The summed E-state index contributed by atoms with van der Waals surface area (Å²) < 4.78 is 4.76. The molecule has 0 heterocycles. The first kappa shape index (κ1) is 15.9. The molecule has 3 amide bonds. The monoisotopic (exact) mass is 286 g/mol. The van der Waals surface area contributed by atoms with Gasteiger partial charge in [-0.1, -0.05) is 0 Å². The Kier molecular flexibility index (Phi) is 5.95. The largest absolute Gasteiger partial charge is 0.481 e. The van der Waals surface area contributed by atoms with Crippen LogP contribution >= 0.6 is 0 Å². The van der Waals surface area contributed by atoms with E-state index >= 15 is 0 Å². The van der Waals surface area contributed by atoms with E-state index in [1.807, 2.05) is 0 Å². The quantitative estimate of drug-likeness (QED) is 0.642. The average molecular weight is 286 g/mol. The zero-order valence-electron chi connectivity index (χ0n) is 11.3. The van der Waals surface area contributed by atoms with E-state index in [0.717, 1.165) is 12.8 Å². The molecule has 1 fully saturated rings. The maximum atomic E-state index is 11.9. The van der Waals surface area contributed by atoms with Gasteiger partial charge in [-0.15, -0.1) is 0 Å². The summed E-state index contributed by atoms with van der Waals surface area (Å²) in [5, 5.41) is 10.5. The number of imide groups is 1. The molecule has 0 spiro atoms. The Morgan fingerprint density at radius 3 is 2.40 bits per heavy atom. The summed E-state index contributed by atoms with van der Waals surface area (Å²) >= 11 is 0. The topological polar surface area (TPSA) is 113 Å². The first-order chi connectivity index (χ1) is 9.43. The second kappa shape index (κ2) is 7.46. The minimum atomic E-state index is -1.11. The van der Waals surface area contributed by atoms with Crippen molar-refractivity contribution in [3.05, 3.63) is 0 Å². The smallest absolute Gasteiger partial charge is 0.325 e. The third-order valence-corrected chi connectivity index (χ3v) is 2.67. The minimum Gasteiger partial charge on any atom is -0.481 e. The van der Waals surface area contributed by atoms with E-state index in [1.54, 1.807) is 6.92 Å². The van der Waals surface area contributed by atoms with Crippen LogP contribution in [0.25, 0.3) is 0 Å². The first-order valence-corrected chi connectivity index (χ1v) is 6.42. The Morgan fingerprint density at radius 1 is 1.25 bits per heavy atom. The van der Waals surface area contributed by atoms with Gasteiger partial charge in [0.05, 0.1) is 13.0 Å². The molecule has 0 aromatic carbocycles. The second-order valence-electron chi connectivity index (χ2n) is 4.41. The summed E-state index contributed by atoms with van der Waals surface area (Å²) in [6.07, 6.45) is 0.922. The van der Waals surface area contributed by atoms with Crippen LogP contribution in [0.5, 0.6) is 0 Å². The van der Waals surface area contributed by atoms with Crippen molar-refractivity contribution in [2.24, 2.45) is 0 Å². The molecular weight excluding hydrogens is 268 g/mol. The molecule has 20 heavy (non-hydrogen) atoms. The Hall–Kier alpha value is -2.12. The number of carbonyl (C=O) groups excluding carboxylic acids is 3. The van der Waals surface area contributed by atoms with Gasteiger partial charge in [0.2, 0.25) is 5.91 Å². The van der Waals surface area contributed by atoms with E-state index in [0.29, 0.717) is 0 Å². The molecule has 0 aliphatic heterocycles. The molecule has 0 saturated heterocycles. The van der Waals surface area contributed by atoms with Gasteiger partial charge in [0.15, 0.2) is 0 Å². The first-order valence-electron chi connectivity index (χ1n) is 6.42. The van der Waals surface area contributed by atoms with Gasteiger partial charge in [-0.25, -0.2) is 4.79 Å². The molecule has 0 aromatic rings. The van der Waals surface area contributed by atoms with E-state index < -0.39 is 23.9 Å². The van der Waals surface area contributed by atoms with Crippen LogP contribution < -0.4 is 5.32 Å². The van der Waals surface area contributed by atoms with Crippen LogP contribution in [0.15, 0.2) is 0 Å².